The Morgan fingerprint density at radius 2 is 2.25 bits per heavy atom. The van der Waals surface area contributed by atoms with E-state index in [1.54, 1.807) is 18.4 Å². The second kappa shape index (κ2) is 5.21. The molecule has 1 aliphatic carbocycles. The number of ether oxygens (including phenoxy) is 1. The molecule has 16 heavy (non-hydrogen) atoms. The van der Waals surface area contributed by atoms with Crippen LogP contribution in [0.5, 0.6) is 0 Å². The highest BCUT2D eigenvalue weighted by atomic mass is 32.1. The lowest BCUT2D eigenvalue weighted by Crippen LogP contribution is -2.36. The number of hydrogen-bond donors (Lipinski definition) is 1. The van der Waals surface area contributed by atoms with E-state index in [9.17, 15) is 0 Å². The molecule has 0 saturated heterocycles. The quantitative estimate of drug-likeness (QED) is 0.826. The minimum Gasteiger partial charge on any atom is -0.383 e. The first-order valence-electron chi connectivity index (χ1n) is 5.75. The summed E-state index contributed by atoms with van der Waals surface area (Å²) in [6.45, 7) is 4.92. The van der Waals surface area contributed by atoms with Gasteiger partial charge in [-0.15, -0.1) is 21.5 Å². The Kier molecular flexibility index (Phi) is 3.89. The number of aryl methyl sites for hydroxylation is 1. The van der Waals surface area contributed by atoms with E-state index in [2.05, 4.69) is 22.4 Å². The average Bonchev–Trinajstić information content (AvgIpc) is 3.00. The standard InChI is InChI=1S/C11H19N3OS/c1-7(11-14-13-8(2)16-11)12-10(6-15-3)9-4-5-9/h7,9-10,12H,4-6H2,1-3H3. The molecule has 0 radical (unpaired) electrons. The Balaban J connectivity index is 1.91. The highest BCUT2D eigenvalue weighted by Gasteiger charge is 2.32. The molecule has 0 bridgehead atoms. The van der Waals surface area contributed by atoms with Gasteiger partial charge in [0.25, 0.3) is 0 Å². The van der Waals surface area contributed by atoms with Gasteiger partial charge in [-0.1, -0.05) is 0 Å². The van der Waals surface area contributed by atoms with Crippen LogP contribution in [-0.2, 0) is 4.74 Å². The molecule has 5 heteroatoms. The third kappa shape index (κ3) is 2.99. The molecule has 1 N–H and O–H groups in total. The fourth-order valence-corrected chi connectivity index (χ4v) is 2.59. The van der Waals surface area contributed by atoms with Gasteiger partial charge in [0.1, 0.15) is 10.0 Å². The zero-order valence-electron chi connectivity index (χ0n) is 10.1. The van der Waals surface area contributed by atoms with E-state index in [1.807, 2.05) is 6.92 Å². The fourth-order valence-electron chi connectivity index (χ4n) is 1.88. The Bertz CT molecular complexity index is 338. The molecule has 1 heterocycles. The third-order valence-corrected chi connectivity index (χ3v) is 3.93. The number of hydrogen-bond acceptors (Lipinski definition) is 5. The van der Waals surface area contributed by atoms with Crippen molar-refractivity contribution < 1.29 is 4.74 Å². The van der Waals surface area contributed by atoms with Crippen molar-refractivity contribution in [2.75, 3.05) is 13.7 Å². The van der Waals surface area contributed by atoms with Crippen molar-refractivity contribution in [2.45, 2.75) is 38.8 Å². The van der Waals surface area contributed by atoms with Crippen molar-refractivity contribution in [1.82, 2.24) is 15.5 Å². The molecule has 1 aromatic heterocycles. The molecule has 0 aliphatic heterocycles. The second-order valence-electron chi connectivity index (χ2n) is 4.45. The van der Waals surface area contributed by atoms with Crippen LogP contribution >= 0.6 is 11.3 Å². The first-order valence-corrected chi connectivity index (χ1v) is 6.57. The van der Waals surface area contributed by atoms with Gasteiger partial charge in [0.05, 0.1) is 12.6 Å². The summed E-state index contributed by atoms with van der Waals surface area (Å²) in [5, 5.41) is 13.9. The maximum atomic E-state index is 5.25. The van der Waals surface area contributed by atoms with E-state index in [0.29, 0.717) is 6.04 Å². The zero-order chi connectivity index (χ0) is 11.5. The van der Waals surface area contributed by atoms with Gasteiger partial charge in [-0.3, -0.25) is 0 Å². The van der Waals surface area contributed by atoms with Gasteiger partial charge < -0.3 is 10.1 Å². The smallest absolute Gasteiger partial charge is 0.134 e. The Labute approximate surface area is 100 Å². The topological polar surface area (TPSA) is 47.0 Å². The first-order chi connectivity index (χ1) is 7.70. The largest absolute Gasteiger partial charge is 0.383 e. The minimum absolute atomic E-state index is 0.270. The summed E-state index contributed by atoms with van der Waals surface area (Å²) >= 11 is 1.66. The van der Waals surface area contributed by atoms with Crippen LogP contribution in [0.2, 0.25) is 0 Å². The van der Waals surface area contributed by atoms with E-state index in [-0.39, 0.29) is 6.04 Å². The van der Waals surface area contributed by atoms with Crippen LogP contribution in [0.25, 0.3) is 0 Å². The zero-order valence-corrected chi connectivity index (χ0v) is 10.9. The SMILES string of the molecule is COCC(NC(C)c1nnc(C)s1)C1CC1. The number of rotatable bonds is 6. The highest BCUT2D eigenvalue weighted by molar-refractivity contribution is 7.11. The van der Waals surface area contributed by atoms with Crippen LogP contribution in [0.4, 0.5) is 0 Å². The molecule has 0 amide bonds. The molecular weight excluding hydrogens is 222 g/mol. The second-order valence-corrected chi connectivity index (χ2v) is 5.66. The van der Waals surface area contributed by atoms with Gasteiger partial charge in [0.2, 0.25) is 0 Å². The molecule has 2 atom stereocenters. The lowest BCUT2D eigenvalue weighted by molar-refractivity contribution is 0.152. The van der Waals surface area contributed by atoms with Crippen LogP contribution in [0.3, 0.4) is 0 Å². The molecule has 2 unspecified atom stereocenters. The molecular formula is C11H19N3OS. The van der Waals surface area contributed by atoms with Crippen molar-refractivity contribution in [2.24, 2.45) is 5.92 Å². The molecule has 1 aromatic rings. The number of nitrogens with zero attached hydrogens (tertiary/aromatic N) is 2. The van der Waals surface area contributed by atoms with E-state index in [1.165, 1.54) is 12.8 Å². The summed E-state index contributed by atoms with van der Waals surface area (Å²) in [6, 6.07) is 0.733. The molecule has 2 rings (SSSR count). The Morgan fingerprint density at radius 1 is 1.50 bits per heavy atom. The summed E-state index contributed by atoms with van der Waals surface area (Å²) in [7, 11) is 1.76. The predicted octanol–water partition coefficient (Wildman–Crippen LogP) is 1.92. The van der Waals surface area contributed by atoms with Crippen LogP contribution in [0.1, 0.15) is 35.8 Å². The summed E-state index contributed by atoms with van der Waals surface area (Å²) in [5.41, 5.74) is 0. The average molecular weight is 241 g/mol. The molecule has 0 spiro atoms. The number of aromatic nitrogens is 2. The van der Waals surface area contributed by atoms with Gasteiger partial charge in [0.15, 0.2) is 0 Å². The molecule has 1 fully saturated rings. The number of nitrogens with one attached hydrogen (secondary N) is 1. The summed E-state index contributed by atoms with van der Waals surface area (Å²) < 4.78 is 5.25. The van der Waals surface area contributed by atoms with Gasteiger partial charge >= 0.3 is 0 Å². The Morgan fingerprint density at radius 3 is 2.75 bits per heavy atom. The van der Waals surface area contributed by atoms with Crippen LogP contribution in [0.15, 0.2) is 0 Å². The summed E-state index contributed by atoms with van der Waals surface area (Å²) in [5.74, 6) is 0.788. The van der Waals surface area contributed by atoms with E-state index in [0.717, 1.165) is 22.5 Å². The van der Waals surface area contributed by atoms with Crippen LogP contribution < -0.4 is 5.32 Å². The maximum absolute atomic E-state index is 5.25. The maximum Gasteiger partial charge on any atom is 0.134 e. The molecule has 0 aromatic carbocycles. The Hall–Kier alpha value is -0.520. The minimum atomic E-state index is 0.270. The summed E-state index contributed by atoms with van der Waals surface area (Å²) in [4.78, 5) is 0. The van der Waals surface area contributed by atoms with Crippen molar-refractivity contribution in [3.05, 3.63) is 10.0 Å². The van der Waals surface area contributed by atoms with Crippen LogP contribution in [0, 0.1) is 12.8 Å². The van der Waals surface area contributed by atoms with Crippen molar-refractivity contribution in [3.8, 4) is 0 Å². The lowest BCUT2D eigenvalue weighted by Gasteiger charge is -2.20. The first kappa shape index (κ1) is 12.0. The highest BCUT2D eigenvalue weighted by Crippen LogP contribution is 2.34. The van der Waals surface area contributed by atoms with E-state index < -0.39 is 0 Å². The molecule has 4 nitrogen and oxygen atoms in total. The van der Waals surface area contributed by atoms with E-state index >= 15 is 0 Å². The molecule has 1 saturated carbocycles. The van der Waals surface area contributed by atoms with Crippen molar-refractivity contribution >= 4 is 11.3 Å². The third-order valence-electron chi connectivity index (χ3n) is 2.91. The van der Waals surface area contributed by atoms with E-state index in [4.69, 9.17) is 4.74 Å². The van der Waals surface area contributed by atoms with Gasteiger partial charge in [-0.25, -0.2) is 0 Å². The number of methoxy groups -OCH3 is 1. The molecule has 1 aliphatic rings. The molecule has 90 valence electrons. The van der Waals surface area contributed by atoms with Crippen molar-refractivity contribution in [3.63, 3.8) is 0 Å². The van der Waals surface area contributed by atoms with Gasteiger partial charge in [0, 0.05) is 13.2 Å². The summed E-state index contributed by atoms with van der Waals surface area (Å²) in [6.07, 6.45) is 2.64. The predicted molar refractivity (Wildman–Crippen MR) is 64.6 cm³/mol. The van der Waals surface area contributed by atoms with Crippen molar-refractivity contribution in [1.29, 1.82) is 0 Å². The monoisotopic (exact) mass is 241 g/mol. The van der Waals surface area contributed by atoms with Gasteiger partial charge in [-0.05, 0) is 32.6 Å². The lowest BCUT2D eigenvalue weighted by atomic mass is 10.1. The van der Waals surface area contributed by atoms with Gasteiger partial charge in [-0.2, -0.15) is 0 Å². The fraction of sp³-hybridized carbons (Fsp3) is 0.818. The normalized spacial score (nSPS) is 19.7. The van der Waals surface area contributed by atoms with Crippen LogP contribution in [-0.4, -0.2) is 30.0 Å².